The Labute approximate surface area is 169 Å². The maximum Gasteiger partial charge on any atom is 0.408 e. The fourth-order valence-electron chi connectivity index (χ4n) is 3.03. The Hall–Kier alpha value is -3.35. The molecule has 1 unspecified atom stereocenters. The van der Waals surface area contributed by atoms with Crippen molar-refractivity contribution in [2.24, 2.45) is 0 Å². The molecular weight excluding hydrogens is 370 g/mol. The number of rotatable bonds is 5. The van der Waals surface area contributed by atoms with E-state index in [-0.39, 0.29) is 6.42 Å². The molecule has 1 atom stereocenters. The third kappa shape index (κ3) is 4.93. The van der Waals surface area contributed by atoms with Crippen LogP contribution in [0.4, 0.5) is 4.79 Å². The van der Waals surface area contributed by atoms with Crippen LogP contribution in [0, 0.1) is 6.92 Å². The highest BCUT2D eigenvalue weighted by atomic mass is 16.6. The summed E-state index contributed by atoms with van der Waals surface area (Å²) in [6, 6.07) is 12.3. The van der Waals surface area contributed by atoms with Crippen molar-refractivity contribution in [2.45, 2.75) is 45.8 Å². The molecule has 3 rings (SSSR count). The minimum atomic E-state index is -1.16. The number of aliphatic carboxylic acids is 1. The minimum absolute atomic E-state index is 0.0585. The molecule has 1 amide bonds. The minimum Gasteiger partial charge on any atom is -0.480 e. The summed E-state index contributed by atoms with van der Waals surface area (Å²) in [6.07, 6.45) is 1.13. The molecule has 3 aromatic rings. The second-order valence-corrected chi connectivity index (χ2v) is 7.94. The number of carboxylic acid groups (broad SMARTS) is 1. The van der Waals surface area contributed by atoms with Gasteiger partial charge in [0, 0.05) is 18.2 Å². The number of benzene rings is 1. The fraction of sp³-hybridized carbons (Fsp3) is 0.318. The van der Waals surface area contributed by atoms with Gasteiger partial charge in [0.1, 0.15) is 17.3 Å². The predicted molar refractivity (Wildman–Crippen MR) is 110 cm³/mol. The molecule has 0 bridgehead atoms. The molecule has 0 saturated heterocycles. The lowest BCUT2D eigenvalue weighted by atomic mass is 10.0. The number of amides is 1. The Morgan fingerprint density at radius 2 is 1.86 bits per heavy atom. The molecule has 0 spiro atoms. The van der Waals surface area contributed by atoms with Crippen molar-refractivity contribution in [1.29, 1.82) is 0 Å². The van der Waals surface area contributed by atoms with Crippen molar-refractivity contribution in [3.05, 3.63) is 59.9 Å². The number of pyridine rings is 1. The van der Waals surface area contributed by atoms with E-state index in [4.69, 9.17) is 4.74 Å². The highest BCUT2D eigenvalue weighted by Crippen LogP contribution is 2.26. The maximum atomic E-state index is 12.1. The zero-order chi connectivity index (χ0) is 21.2. The van der Waals surface area contributed by atoms with Gasteiger partial charge in [-0.05, 0) is 39.8 Å². The zero-order valence-corrected chi connectivity index (χ0v) is 17.0. The van der Waals surface area contributed by atoms with Crippen molar-refractivity contribution in [3.63, 3.8) is 0 Å². The number of alkyl carbamates (subject to hydrolysis) is 1. The number of ether oxygens (including phenoxy) is 1. The van der Waals surface area contributed by atoms with E-state index < -0.39 is 23.7 Å². The first-order valence-electron chi connectivity index (χ1n) is 9.39. The highest BCUT2D eigenvalue weighted by molar-refractivity contribution is 5.81. The number of carboxylic acids is 1. The van der Waals surface area contributed by atoms with Gasteiger partial charge in [0.05, 0.1) is 11.4 Å². The third-order valence-corrected chi connectivity index (χ3v) is 4.34. The number of carbonyl (C=O) groups excluding carboxylic acids is 1. The van der Waals surface area contributed by atoms with Gasteiger partial charge >= 0.3 is 12.1 Å². The van der Waals surface area contributed by atoms with E-state index in [1.807, 2.05) is 60.0 Å². The first-order chi connectivity index (χ1) is 13.6. The van der Waals surface area contributed by atoms with Gasteiger partial charge in [0.2, 0.25) is 0 Å². The van der Waals surface area contributed by atoms with Crippen molar-refractivity contribution in [1.82, 2.24) is 14.7 Å². The van der Waals surface area contributed by atoms with E-state index in [0.29, 0.717) is 17.0 Å². The molecule has 152 valence electrons. The van der Waals surface area contributed by atoms with Crippen LogP contribution in [0.15, 0.2) is 48.7 Å². The SMILES string of the molecule is Cc1ccc(-c2nc3ccccn3c2CC(NC(=O)OC(C)(C)C)C(=O)O)cc1. The van der Waals surface area contributed by atoms with Crippen LogP contribution in [0.25, 0.3) is 16.9 Å². The van der Waals surface area contributed by atoms with Crippen molar-refractivity contribution in [2.75, 3.05) is 0 Å². The van der Waals surface area contributed by atoms with Gasteiger partial charge < -0.3 is 19.6 Å². The van der Waals surface area contributed by atoms with E-state index in [2.05, 4.69) is 10.3 Å². The monoisotopic (exact) mass is 395 g/mol. The van der Waals surface area contributed by atoms with Gasteiger partial charge in [0.15, 0.2) is 0 Å². The molecule has 0 aliphatic rings. The molecular formula is C22H25N3O4. The van der Waals surface area contributed by atoms with Crippen LogP contribution in [0.1, 0.15) is 32.0 Å². The highest BCUT2D eigenvalue weighted by Gasteiger charge is 2.27. The Morgan fingerprint density at radius 1 is 1.17 bits per heavy atom. The molecule has 1 aromatic carbocycles. The van der Waals surface area contributed by atoms with Gasteiger partial charge in [-0.1, -0.05) is 35.9 Å². The Morgan fingerprint density at radius 3 is 2.48 bits per heavy atom. The lowest BCUT2D eigenvalue weighted by molar-refractivity contribution is -0.139. The van der Waals surface area contributed by atoms with Crippen LogP contribution >= 0.6 is 0 Å². The number of nitrogens with one attached hydrogen (secondary N) is 1. The largest absolute Gasteiger partial charge is 0.480 e. The van der Waals surface area contributed by atoms with Crippen molar-refractivity contribution < 1.29 is 19.4 Å². The van der Waals surface area contributed by atoms with Gasteiger partial charge in [-0.25, -0.2) is 14.6 Å². The second kappa shape index (κ2) is 7.95. The van der Waals surface area contributed by atoms with E-state index in [0.717, 1.165) is 11.1 Å². The average molecular weight is 395 g/mol. The maximum absolute atomic E-state index is 12.1. The smallest absolute Gasteiger partial charge is 0.408 e. The van der Waals surface area contributed by atoms with Crippen LogP contribution in [0.5, 0.6) is 0 Å². The van der Waals surface area contributed by atoms with Gasteiger partial charge in [-0.3, -0.25) is 0 Å². The molecule has 0 fully saturated rings. The van der Waals surface area contributed by atoms with E-state index in [1.165, 1.54) is 0 Å². The molecule has 0 aliphatic heterocycles. The normalized spacial score (nSPS) is 12.6. The Bertz CT molecular complexity index is 1030. The third-order valence-electron chi connectivity index (χ3n) is 4.34. The summed E-state index contributed by atoms with van der Waals surface area (Å²) in [5.41, 5.74) is 3.38. The summed E-state index contributed by atoms with van der Waals surface area (Å²) < 4.78 is 7.07. The Kier molecular flexibility index (Phi) is 5.59. The molecule has 0 saturated carbocycles. The molecule has 29 heavy (non-hydrogen) atoms. The summed E-state index contributed by atoms with van der Waals surface area (Å²) in [7, 11) is 0. The topological polar surface area (TPSA) is 92.9 Å². The van der Waals surface area contributed by atoms with Gasteiger partial charge in [0.25, 0.3) is 0 Å². The number of carbonyl (C=O) groups is 2. The van der Waals surface area contributed by atoms with E-state index in [9.17, 15) is 14.7 Å². The molecule has 2 heterocycles. The molecule has 2 aromatic heterocycles. The number of aromatic nitrogens is 2. The molecule has 0 aliphatic carbocycles. The molecule has 7 nitrogen and oxygen atoms in total. The summed E-state index contributed by atoms with van der Waals surface area (Å²) in [5, 5.41) is 12.2. The number of aryl methyl sites for hydroxylation is 1. The summed E-state index contributed by atoms with van der Waals surface area (Å²) in [5.74, 6) is -1.14. The molecule has 0 radical (unpaired) electrons. The summed E-state index contributed by atoms with van der Waals surface area (Å²) >= 11 is 0. The fourth-order valence-corrected chi connectivity index (χ4v) is 3.03. The number of hydrogen-bond acceptors (Lipinski definition) is 4. The average Bonchev–Trinajstić information content (AvgIpc) is 2.99. The van der Waals surface area contributed by atoms with Crippen LogP contribution < -0.4 is 5.32 Å². The van der Waals surface area contributed by atoms with Gasteiger partial charge in [-0.15, -0.1) is 0 Å². The first-order valence-corrected chi connectivity index (χ1v) is 9.39. The van der Waals surface area contributed by atoms with E-state index in [1.54, 1.807) is 20.8 Å². The Balaban J connectivity index is 1.98. The number of nitrogens with zero attached hydrogens (tertiary/aromatic N) is 2. The van der Waals surface area contributed by atoms with E-state index >= 15 is 0 Å². The quantitative estimate of drug-likeness (QED) is 0.685. The molecule has 7 heteroatoms. The van der Waals surface area contributed by atoms with Gasteiger partial charge in [-0.2, -0.15) is 0 Å². The summed E-state index contributed by atoms with van der Waals surface area (Å²) in [6.45, 7) is 7.17. The molecule has 2 N–H and O–H groups in total. The van der Waals surface area contributed by atoms with Crippen LogP contribution in [0.2, 0.25) is 0 Å². The van der Waals surface area contributed by atoms with Crippen LogP contribution in [0.3, 0.4) is 0 Å². The second-order valence-electron chi connectivity index (χ2n) is 7.94. The zero-order valence-electron chi connectivity index (χ0n) is 17.0. The lowest BCUT2D eigenvalue weighted by Gasteiger charge is -2.22. The number of imidazole rings is 1. The van der Waals surface area contributed by atoms with Crippen molar-refractivity contribution >= 4 is 17.7 Å². The van der Waals surface area contributed by atoms with Crippen LogP contribution in [-0.2, 0) is 16.0 Å². The predicted octanol–water partition coefficient (Wildman–Crippen LogP) is 3.83. The standard InChI is InChI=1S/C22H25N3O4/c1-14-8-10-15(11-9-14)19-17(25-12-6-5-7-18(25)24-19)13-16(20(26)27)23-21(28)29-22(2,3)4/h5-12,16H,13H2,1-4H3,(H,23,28)(H,26,27). The van der Waals surface area contributed by atoms with Crippen LogP contribution in [-0.4, -0.2) is 38.2 Å². The lowest BCUT2D eigenvalue weighted by Crippen LogP contribution is -2.44. The van der Waals surface area contributed by atoms with Crippen molar-refractivity contribution in [3.8, 4) is 11.3 Å². The first kappa shape index (κ1) is 20.4. The number of fused-ring (bicyclic) bond motifs is 1. The summed E-state index contributed by atoms with van der Waals surface area (Å²) in [4.78, 5) is 28.7. The number of hydrogen-bond donors (Lipinski definition) is 2.